The smallest absolute Gasteiger partial charge is 0.256 e. The van der Waals surface area contributed by atoms with Crippen LogP contribution in [-0.2, 0) is 9.53 Å². The monoisotopic (exact) mass is 288 g/mol. The van der Waals surface area contributed by atoms with Crippen LogP contribution in [0.3, 0.4) is 0 Å². The molecule has 1 aliphatic heterocycles. The van der Waals surface area contributed by atoms with E-state index >= 15 is 0 Å². The number of hydrogen-bond acceptors (Lipinski definition) is 4. The molecule has 0 saturated carbocycles. The van der Waals surface area contributed by atoms with Gasteiger partial charge in [0.05, 0.1) is 11.7 Å². The van der Waals surface area contributed by atoms with Gasteiger partial charge in [-0.25, -0.2) is 4.98 Å². The highest BCUT2D eigenvalue weighted by Crippen LogP contribution is 2.22. The standard InChI is InChI=1S/C14H16N4O3/c1-21-10-6-11(13(15)19)18(8-10)14(20)9-2-3-12-16-4-5-17(12)7-9/h2-5,7,10-11H,6,8H2,1H3,(H2,15,19)/t10-,11-/m0/s1. The molecule has 0 unspecified atom stereocenters. The number of carbonyl (C=O) groups is 2. The van der Waals surface area contributed by atoms with Crippen LogP contribution in [0.4, 0.5) is 0 Å². The summed E-state index contributed by atoms with van der Waals surface area (Å²) in [4.78, 5) is 29.8. The number of nitrogens with two attached hydrogens (primary N) is 1. The summed E-state index contributed by atoms with van der Waals surface area (Å²) in [5.41, 5.74) is 6.64. The van der Waals surface area contributed by atoms with Crippen molar-refractivity contribution in [1.29, 1.82) is 0 Å². The van der Waals surface area contributed by atoms with E-state index in [1.807, 2.05) is 0 Å². The van der Waals surface area contributed by atoms with E-state index in [0.717, 1.165) is 5.65 Å². The molecule has 7 heteroatoms. The van der Waals surface area contributed by atoms with Gasteiger partial charge in [-0.05, 0) is 12.1 Å². The average molecular weight is 288 g/mol. The second kappa shape index (κ2) is 5.17. The third-order valence-corrected chi connectivity index (χ3v) is 3.82. The zero-order valence-corrected chi connectivity index (χ0v) is 11.6. The Balaban J connectivity index is 1.90. The van der Waals surface area contributed by atoms with Crippen molar-refractivity contribution in [3.05, 3.63) is 36.3 Å². The van der Waals surface area contributed by atoms with Crippen molar-refractivity contribution in [2.45, 2.75) is 18.6 Å². The van der Waals surface area contributed by atoms with E-state index in [9.17, 15) is 9.59 Å². The van der Waals surface area contributed by atoms with E-state index in [2.05, 4.69) is 4.98 Å². The minimum Gasteiger partial charge on any atom is -0.380 e. The van der Waals surface area contributed by atoms with Gasteiger partial charge in [-0.2, -0.15) is 0 Å². The van der Waals surface area contributed by atoms with E-state index in [1.54, 1.807) is 42.2 Å². The summed E-state index contributed by atoms with van der Waals surface area (Å²) in [7, 11) is 1.56. The lowest BCUT2D eigenvalue weighted by Gasteiger charge is -2.22. The summed E-state index contributed by atoms with van der Waals surface area (Å²) in [6.45, 7) is 0.366. The second-order valence-corrected chi connectivity index (χ2v) is 5.08. The van der Waals surface area contributed by atoms with Gasteiger partial charge < -0.3 is 19.8 Å². The molecule has 1 saturated heterocycles. The molecular weight excluding hydrogens is 272 g/mol. The van der Waals surface area contributed by atoms with Gasteiger partial charge in [-0.15, -0.1) is 0 Å². The number of amides is 2. The number of rotatable bonds is 3. The minimum atomic E-state index is -0.624. The van der Waals surface area contributed by atoms with Crippen LogP contribution in [0.15, 0.2) is 30.7 Å². The van der Waals surface area contributed by atoms with Gasteiger partial charge >= 0.3 is 0 Å². The van der Waals surface area contributed by atoms with Crippen molar-refractivity contribution < 1.29 is 14.3 Å². The lowest BCUT2D eigenvalue weighted by atomic mass is 10.1. The first-order valence-electron chi connectivity index (χ1n) is 6.66. The van der Waals surface area contributed by atoms with Crippen LogP contribution in [0.2, 0.25) is 0 Å². The molecule has 1 aliphatic rings. The molecule has 0 spiro atoms. The Morgan fingerprint density at radius 2 is 2.24 bits per heavy atom. The number of primary amides is 1. The Morgan fingerprint density at radius 3 is 2.95 bits per heavy atom. The topological polar surface area (TPSA) is 89.9 Å². The predicted octanol–water partition coefficient (Wildman–Crippen LogP) is 0.0491. The third kappa shape index (κ3) is 2.36. The molecule has 3 heterocycles. The van der Waals surface area contributed by atoms with Crippen LogP contribution in [-0.4, -0.2) is 51.9 Å². The Morgan fingerprint density at radius 1 is 1.43 bits per heavy atom. The number of aromatic nitrogens is 2. The molecule has 2 aromatic rings. The summed E-state index contributed by atoms with van der Waals surface area (Å²) in [5.74, 6) is -0.736. The van der Waals surface area contributed by atoms with Gasteiger partial charge in [0, 0.05) is 38.7 Å². The Hall–Kier alpha value is -2.41. The number of ether oxygens (including phenoxy) is 1. The summed E-state index contributed by atoms with van der Waals surface area (Å²) >= 11 is 0. The highest BCUT2D eigenvalue weighted by atomic mass is 16.5. The summed E-state index contributed by atoms with van der Waals surface area (Å²) in [5, 5.41) is 0. The number of nitrogens with zero attached hydrogens (tertiary/aromatic N) is 3. The largest absolute Gasteiger partial charge is 0.380 e. The first kappa shape index (κ1) is 13.6. The van der Waals surface area contributed by atoms with Gasteiger partial charge in [-0.1, -0.05) is 0 Å². The van der Waals surface area contributed by atoms with Crippen LogP contribution in [0.5, 0.6) is 0 Å². The zero-order chi connectivity index (χ0) is 15.0. The molecule has 0 radical (unpaired) electrons. The first-order chi connectivity index (χ1) is 10.1. The zero-order valence-electron chi connectivity index (χ0n) is 11.6. The number of methoxy groups -OCH3 is 1. The maximum absolute atomic E-state index is 12.6. The SMILES string of the molecule is CO[C@H]1C[C@@H](C(N)=O)N(C(=O)c2ccc3nccn3c2)C1. The molecule has 7 nitrogen and oxygen atoms in total. The summed E-state index contributed by atoms with van der Waals surface area (Å²) < 4.78 is 7.01. The van der Waals surface area contributed by atoms with Crippen molar-refractivity contribution in [3.8, 4) is 0 Å². The molecular formula is C14H16N4O3. The van der Waals surface area contributed by atoms with Crippen LogP contribution < -0.4 is 5.73 Å². The lowest BCUT2D eigenvalue weighted by Crippen LogP contribution is -2.43. The lowest BCUT2D eigenvalue weighted by molar-refractivity contribution is -0.121. The predicted molar refractivity (Wildman–Crippen MR) is 74.6 cm³/mol. The number of carbonyl (C=O) groups excluding carboxylic acids is 2. The highest BCUT2D eigenvalue weighted by Gasteiger charge is 2.39. The molecule has 2 aromatic heterocycles. The molecule has 21 heavy (non-hydrogen) atoms. The fraction of sp³-hybridized carbons (Fsp3) is 0.357. The molecule has 2 N–H and O–H groups in total. The van der Waals surface area contributed by atoms with Crippen LogP contribution in [0.25, 0.3) is 5.65 Å². The Bertz CT molecular complexity index is 696. The van der Waals surface area contributed by atoms with Crippen molar-refractivity contribution in [1.82, 2.24) is 14.3 Å². The van der Waals surface area contributed by atoms with Crippen LogP contribution >= 0.6 is 0 Å². The fourth-order valence-corrected chi connectivity index (χ4v) is 2.67. The summed E-state index contributed by atoms with van der Waals surface area (Å²) in [6.07, 6.45) is 5.39. The van der Waals surface area contributed by atoms with Gasteiger partial charge in [0.15, 0.2) is 0 Å². The van der Waals surface area contributed by atoms with Crippen molar-refractivity contribution in [2.24, 2.45) is 5.73 Å². The normalized spacial score (nSPS) is 21.9. The molecule has 2 atom stereocenters. The van der Waals surface area contributed by atoms with Gasteiger partial charge in [0.2, 0.25) is 5.91 Å². The van der Waals surface area contributed by atoms with E-state index < -0.39 is 11.9 Å². The third-order valence-electron chi connectivity index (χ3n) is 3.82. The number of hydrogen-bond donors (Lipinski definition) is 1. The Kier molecular flexibility index (Phi) is 3.34. The first-order valence-corrected chi connectivity index (χ1v) is 6.66. The highest BCUT2D eigenvalue weighted by molar-refractivity contribution is 5.97. The van der Waals surface area contributed by atoms with Crippen LogP contribution in [0.1, 0.15) is 16.8 Å². The number of pyridine rings is 1. The fourth-order valence-electron chi connectivity index (χ4n) is 2.67. The molecule has 1 fully saturated rings. The molecule has 0 aromatic carbocycles. The number of likely N-dealkylation sites (tertiary alicyclic amines) is 1. The molecule has 110 valence electrons. The van der Waals surface area contributed by atoms with E-state index in [0.29, 0.717) is 18.5 Å². The molecule has 0 bridgehead atoms. The van der Waals surface area contributed by atoms with Gasteiger partial charge in [0.25, 0.3) is 5.91 Å². The maximum atomic E-state index is 12.6. The molecule has 3 rings (SSSR count). The van der Waals surface area contributed by atoms with Gasteiger partial charge in [0.1, 0.15) is 11.7 Å². The van der Waals surface area contributed by atoms with E-state index in [1.165, 1.54) is 4.90 Å². The van der Waals surface area contributed by atoms with Crippen molar-refractivity contribution >= 4 is 17.5 Å². The van der Waals surface area contributed by atoms with Crippen LogP contribution in [0, 0.1) is 0 Å². The number of fused-ring (bicyclic) bond motifs is 1. The van der Waals surface area contributed by atoms with E-state index in [4.69, 9.17) is 10.5 Å². The quantitative estimate of drug-likeness (QED) is 0.864. The van der Waals surface area contributed by atoms with Crippen molar-refractivity contribution in [2.75, 3.05) is 13.7 Å². The van der Waals surface area contributed by atoms with E-state index in [-0.39, 0.29) is 12.0 Å². The van der Waals surface area contributed by atoms with Crippen molar-refractivity contribution in [3.63, 3.8) is 0 Å². The Labute approximate surface area is 121 Å². The van der Waals surface area contributed by atoms with Gasteiger partial charge in [-0.3, -0.25) is 9.59 Å². The minimum absolute atomic E-state index is 0.163. The average Bonchev–Trinajstić information content (AvgIpc) is 3.11. The second-order valence-electron chi connectivity index (χ2n) is 5.08. The molecule has 0 aliphatic carbocycles. The number of imidazole rings is 1. The molecule has 2 amide bonds. The maximum Gasteiger partial charge on any atom is 0.256 e. The summed E-state index contributed by atoms with van der Waals surface area (Å²) in [6, 6.07) is 2.83.